The monoisotopic (exact) mass is 276 g/mol. The molecule has 2 rings (SSSR count). The van der Waals surface area contributed by atoms with Gasteiger partial charge in [0, 0.05) is 9.90 Å². The third kappa shape index (κ3) is 1.98. The van der Waals surface area contributed by atoms with Gasteiger partial charge in [-0.15, -0.1) is 11.3 Å². The summed E-state index contributed by atoms with van der Waals surface area (Å²) >= 11 is 7.59. The first kappa shape index (κ1) is 12.9. The van der Waals surface area contributed by atoms with Crippen LogP contribution in [0.3, 0.4) is 0 Å². The standard InChI is InChI=1S/C14H13ClN2S/c1-3-9-13(17)12(7-16)18-14(9)10-5-4-6-11(15)8(10)2/h4-6H,3,17H2,1-2H3. The van der Waals surface area contributed by atoms with Gasteiger partial charge < -0.3 is 5.73 Å². The van der Waals surface area contributed by atoms with E-state index in [2.05, 4.69) is 6.07 Å². The van der Waals surface area contributed by atoms with E-state index >= 15 is 0 Å². The molecule has 1 aromatic heterocycles. The molecular weight excluding hydrogens is 264 g/mol. The summed E-state index contributed by atoms with van der Waals surface area (Å²) in [5, 5.41) is 9.81. The fourth-order valence-corrected chi connectivity index (χ4v) is 3.35. The topological polar surface area (TPSA) is 49.8 Å². The fraction of sp³-hybridized carbons (Fsp3) is 0.214. The Kier molecular flexibility index (Phi) is 3.60. The second-order valence-corrected chi connectivity index (χ2v) is 5.46. The number of anilines is 1. The Bertz CT molecular complexity index is 638. The van der Waals surface area contributed by atoms with Gasteiger partial charge in [0.2, 0.25) is 0 Å². The highest BCUT2D eigenvalue weighted by atomic mass is 35.5. The summed E-state index contributed by atoms with van der Waals surface area (Å²) in [7, 11) is 0. The second-order valence-electron chi connectivity index (χ2n) is 4.03. The summed E-state index contributed by atoms with van der Waals surface area (Å²) in [6.45, 7) is 4.03. The number of nitrogens with zero attached hydrogens (tertiary/aromatic N) is 1. The molecule has 0 amide bonds. The molecule has 0 fully saturated rings. The van der Waals surface area contributed by atoms with E-state index in [0.29, 0.717) is 10.6 Å². The Morgan fingerprint density at radius 3 is 2.78 bits per heavy atom. The van der Waals surface area contributed by atoms with E-state index in [9.17, 15) is 0 Å². The van der Waals surface area contributed by atoms with E-state index in [1.165, 1.54) is 11.3 Å². The number of nitrogens with two attached hydrogens (primary N) is 1. The highest BCUT2D eigenvalue weighted by Gasteiger charge is 2.17. The molecule has 0 aliphatic heterocycles. The van der Waals surface area contributed by atoms with Crippen LogP contribution < -0.4 is 5.73 Å². The minimum Gasteiger partial charge on any atom is -0.397 e. The summed E-state index contributed by atoms with van der Waals surface area (Å²) in [6, 6.07) is 7.97. The summed E-state index contributed by atoms with van der Waals surface area (Å²) < 4.78 is 0. The highest BCUT2D eigenvalue weighted by Crippen LogP contribution is 2.41. The van der Waals surface area contributed by atoms with Gasteiger partial charge in [0.1, 0.15) is 10.9 Å². The van der Waals surface area contributed by atoms with Crippen LogP contribution in [-0.4, -0.2) is 0 Å². The molecule has 2 nitrogen and oxygen atoms in total. The minimum atomic E-state index is 0.584. The Labute approximate surface area is 116 Å². The molecule has 1 aromatic carbocycles. The van der Waals surface area contributed by atoms with Gasteiger partial charge in [-0.1, -0.05) is 30.7 Å². The van der Waals surface area contributed by atoms with Crippen molar-refractivity contribution in [3.63, 3.8) is 0 Å². The van der Waals surface area contributed by atoms with E-state index in [0.717, 1.165) is 33.0 Å². The van der Waals surface area contributed by atoms with E-state index in [-0.39, 0.29) is 0 Å². The number of hydrogen-bond donors (Lipinski definition) is 1. The van der Waals surface area contributed by atoms with Crippen molar-refractivity contribution in [3.8, 4) is 16.5 Å². The summed E-state index contributed by atoms with van der Waals surface area (Å²) in [4.78, 5) is 1.65. The average Bonchev–Trinajstić information content (AvgIpc) is 2.69. The van der Waals surface area contributed by atoms with Gasteiger partial charge in [-0.3, -0.25) is 0 Å². The first-order valence-corrected chi connectivity index (χ1v) is 6.86. The molecule has 4 heteroatoms. The molecule has 0 saturated heterocycles. The van der Waals surface area contributed by atoms with E-state index < -0.39 is 0 Å². The zero-order valence-electron chi connectivity index (χ0n) is 10.2. The third-order valence-corrected chi connectivity index (χ3v) is 4.61. The number of halogens is 1. The van der Waals surface area contributed by atoms with Crippen molar-refractivity contribution in [2.24, 2.45) is 0 Å². The van der Waals surface area contributed by atoms with Crippen molar-refractivity contribution in [2.45, 2.75) is 20.3 Å². The van der Waals surface area contributed by atoms with Gasteiger partial charge in [-0.25, -0.2) is 0 Å². The van der Waals surface area contributed by atoms with Crippen molar-refractivity contribution in [1.29, 1.82) is 5.26 Å². The number of benzene rings is 1. The molecule has 2 N–H and O–H groups in total. The maximum atomic E-state index is 9.08. The van der Waals surface area contributed by atoms with Crippen LogP contribution in [0.4, 0.5) is 5.69 Å². The molecule has 92 valence electrons. The van der Waals surface area contributed by atoms with Gasteiger partial charge in [-0.2, -0.15) is 5.26 Å². The smallest absolute Gasteiger partial charge is 0.128 e. The van der Waals surface area contributed by atoms with Crippen LogP contribution in [0.2, 0.25) is 5.02 Å². The van der Waals surface area contributed by atoms with Gasteiger partial charge in [-0.05, 0) is 36.1 Å². The molecule has 0 aliphatic rings. The van der Waals surface area contributed by atoms with Crippen LogP contribution >= 0.6 is 22.9 Å². The summed E-state index contributed by atoms with van der Waals surface area (Å²) in [6.07, 6.45) is 0.811. The number of rotatable bonds is 2. The molecular formula is C14H13ClN2S. The molecule has 0 saturated carbocycles. The first-order valence-electron chi connectivity index (χ1n) is 5.66. The van der Waals surface area contributed by atoms with Crippen molar-refractivity contribution in [2.75, 3.05) is 5.73 Å². The lowest BCUT2D eigenvalue weighted by Crippen LogP contribution is -1.92. The number of nitriles is 1. The SMILES string of the molecule is CCc1c(-c2cccc(Cl)c2C)sc(C#N)c1N. The fourth-order valence-electron chi connectivity index (χ4n) is 1.98. The van der Waals surface area contributed by atoms with Crippen LogP contribution in [0, 0.1) is 18.3 Å². The van der Waals surface area contributed by atoms with Crippen LogP contribution in [0.25, 0.3) is 10.4 Å². The molecule has 0 radical (unpaired) electrons. The van der Waals surface area contributed by atoms with Gasteiger partial charge >= 0.3 is 0 Å². The Balaban J connectivity index is 2.72. The van der Waals surface area contributed by atoms with Gasteiger partial charge in [0.05, 0.1) is 5.69 Å². The quantitative estimate of drug-likeness (QED) is 0.884. The molecule has 0 spiro atoms. The lowest BCUT2D eigenvalue weighted by molar-refractivity contribution is 1.16. The lowest BCUT2D eigenvalue weighted by atomic mass is 10.0. The Hall–Kier alpha value is -1.50. The van der Waals surface area contributed by atoms with Crippen molar-refractivity contribution >= 4 is 28.6 Å². The van der Waals surface area contributed by atoms with Crippen LogP contribution in [0.15, 0.2) is 18.2 Å². The zero-order chi connectivity index (χ0) is 13.3. The van der Waals surface area contributed by atoms with Crippen molar-refractivity contribution in [3.05, 3.63) is 39.2 Å². The highest BCUT2D eigenvalue weighted by molar-refractivity contribution is 7.16. The molecule has 0 atom stereocenters. The average molecular weight is 277 g/mol. The predicted molar refractivity (Wildman–Crippen MR) is 78.0 cm³/mol. The lowest BCUT2D eigenvalue weighted by Gasteiger charge is -2.07. The van der Waals surface area contributed by atoms with Crippen LogP contribution in [0.5, 0.6) is 0 Å². The first-order chi connectivity index (χ1) is 8.60. The minimum absolute atomic E-state index is 0.584. The molecule has 0 aliphatic carbocycles. The van der Waals surface area contributed by atoms with E-state index in [4.69, 9.17) is 22.6 Å². The molecule has 2 aromatic rings. The van der Waals surface area contributed by atoms with Crippen LogP contribution in [0.1, 0.15) is 22.9 Å². The maximum absolute atomic E-state index is 9.08. The Morgan fingerprint density at radius 1 is 1.44 bits per heavy atom. The summed E-state index contributed by atoms with van der Waals surface area (Å²) in [5.74, 6) is 0. The molecule has 18 heavy (non-hydrogen) atoms. The zero-order valence-corrected chi connectivity index (χ0v) is 11.8. The molecule has 1 heterocycles. The molecule has 0 unspecified atom stereocenters. The third-order valence-electron chi connectivity index (χ3n) is 3.02. The largest absolute Gasteiger partial charge is 0.397 e. The van der Waals surface area contributed by atoms with Crippen molar-refractivity contribution < 1.29 is 0 Å². The van der Waals surface area contributed by atoms with E-state index in [1.54, 1.807) is 0 Å². The van der Waals surface area contributed by atoms with Gasteiger partial charge in [0.15, 0.2) is 0 Å². The van der Waals surface area contributed by atoms with E-state index in [1.807, 2.05) is 32.0 Å². The van der Waals surface area contributed by atoms with Crippen molar-refractivity contribution in [1.82, 2.24) is 0 Å². The number of thiophene rings is 1. The second kappa shape index (κ2) is 5.01. The number of nitrogen functional groups attached to an aromatic ring is 1. The molecule has 0 bridgehead atoms. The van der Waals surface area contributed by atoms with Crippen LogP contribution in [-0.2, 0) is 6.42 Å². The normalized spacial score (nSPS) is 10.3. The number of hydrogen-bond acceptors (Lipinski definition) is 3. The van der Waals surface area contributed by atoms with Gasteiger partial charge in [0.25, 0.3) is 0 Å². The predicted octanol–water partition coefficient (Wildman–Crippen LogP) is 4.39. The summed E-state index contributed by atoms with van der Waals surface area (Å²) in [5.41, 5.74) is 9.75. The maximum Gasteiger partial charge on any atom is 0.128 e. The Morgan fingerprint density at radius 2 is 2.17 bits per heavy atom.